The Labute approximate surface area is 115 Å². The Balaban J connectivity index is 1.89. The van der Waals surface area contributed by atoms with Crippen molar-refractivity contribution in [3.8, 4) is 5.75 Å². The highest BCUT2D eigenvalue weighted by Gasteiger charge is 2.02. The molecule has 2 N–H and O–H groups in total. The summed E-state index contributed by atoms with van der Waals surface area (Å²) in [5.41, 5.74) is 1.22. The molecule has 1 heterocycles. The van der Waals surface area contributed by atoms with Gasteiger partial charge in [0.2, 0.25) is 0 Å². The van der Waals surface area contributed by atoms with Crippen molar-refractivity contribution in [2.75, 3.05) is 17.2 Å². The van der Waals surface area contributed by atoms with Crippen molar-refractivity contribution in [1.29, 1.82) is 0 Å². The molecular weight excluding hydrogens is 258 g/mol. The number of pyridine rings is 1. The van der Waals surface area contributed by atoms with E-state index in [2.05, 4.69) is 15.6 Å². The van der Waals surface area contributed by atoms with E-state index in [9.17, 15) is 9.59 Å². The molecule has 2 amide bonds. The van der Waals surface area contributed by atoms with Crippen molar-refractivity contribution >= 4 is 23.7 Å². The molecule has 0 spiro atoms. The van der Waals surface area contributed by atoms with Crippen LogP contribution < -0.4 is 15.4 Å². The molecule has 0 saturated heterocycles. The number of anilines is 2. The average molecular weight is 271 g/mol. The van der Waals surface area contributed by atoms with E-state index < -0.39 is 0 Å². The molecule has 2 rings (SSSR count). The minimum Gasteiger partial charge on any atom is -0.486 e. The molecule has 0 fully saturated rings. The summed E-state index contributed by atoms with van der Waals surface area (Å²) in [5, 5.41) is 5.32. The fourth-order valence-corrected chi connectivity index (χ4v) is 1.49. The van der Waals surface area contributed by atoms with Crippen LogP contribution in [0.5, 0.6) is 5.75 Å². The zero-order valence-corrected chi connectivity index (χ0v) is 10.6. The second kappa shape index (κ2) is 6.89. The molecule has 0 saturated carbocycles. The fourth-order valence-electron chi connectivity index (χ4n) is 1.49. The van der Waals surface area contributed by atoms with Gasteiger partial charge in [-0.05, 0) is 36.4 Å². The number of hydrogen-bond acceptors (Lipinski definition) is 4. The SMILES string of the molecule is O=CCOc1ccc(NC(=O)Nc2cccnc2)cc1. The Hall–Kier alpha value is -2.89. The lowest BCUT2D eigenvalue weighted by atomic mass is 10.3. The molecule has 6 heteroatoms. The summed E-state index contributed by atoms with van der Waals surface area (Å²) in [7, 11) is 0. The lowest BCUT2D eigenvalue weighted by molar-refractivity contribution is -0.109. The zero-order valence-electron chi connectivity index (χ0n) is 10.6. The van der Waals surface area contributed by atoms with E-state index in [1.54, 1.807) is 48.8 Å². The largest absolute Gasteiger partial charge is 0.486 e. The number of amides is 2. The fraction of sp³-hybridized carbons (Fsp3) is 0.0714. The standard InChI is InChI=1S/C14H13N3O3/c18-8-9-20-13-5-3-11(4-6-13)16-14(19)17-12-2-1-7-15-10-12/h1-8,10H,9H2,(H2,16,17,19). The van der Waals surface area contributed by atoms with E-state index in [4.69, 9.17) is 4.74 Å². The molecule has 0 aliphatic heterocycles. The van der Waals surface area contributed by atoms with E-state index in [-0.39, 0.29) is 12.6 Å². The Morgan fingerprint density at radius 1 is 1.15 bits per heavy atom. The van der Waals surface area contributed by atoms with Gasteiger partial charge in [0.1, 0.15) is 12.4 Å². The highest BCUT2D eigenvalue weighted by Crippen LogP contribution is 2.15. The molecule has 0 bridgehead atoms. The van der Waals surface area contributed by atoms with Gasteiger partial charge in [0, 0.05) is 11.9 Å². The Kier molecular flexibility index (Phi) is 4.66. The molecule has 1 aromatic heterocycles. The molecular formula is C14H13N3O3. The Bertz CT molecular complexity index is 570. The molecule has 0 aliphatic rings. The molecule has 0 atom stereocenters. The third-order valence-electron chi connectivity index (χ3n) is 2.35. The summed E-state index contributed by atoms with van der Waals surface area (Å²) in [6.45, 7) is 0.00820. The van der Waals surface area contributed by atoms with Crippen LogP contribution in [0.4, 0.5) is 16.2 Å². The molecule has 20 heavy (non-hydrogen) atoms. The van der Waals surface area contributed by atoms with Gasteiger partial charge in [0.25, 0.3) is 0 Å². The topological polar surface area (TPSA) is 80.3 Å². The molecule has 1 aromatic carbocycles. The van der Waals surface area contributed by atoms with Crippen molar-refractivity contribution in [2.45, 2.75) is 0 Å². The number of aromatic nitrogens is 1. The van der Waals surface area contributed by atoms with Gasteiger partial charge in [0.05, 0.1) is 11.9 Å². The van der Waals surface area contributed by atoms with Gasteiger partial charge < -0.3 is 15.4 Å². The number of rotatable bonds is 5. The Morgan fingerprint density at radius 3 is 2.55 bits per heavy atom. The van der Waals surface area contributed by atoms with E-state index in [1.807, 2.05) is 0 Å². The maximum atomic E-state index is 11.7. The number of aldehydes is 1. The lowest BCUT2D eigenvalue weighted by Crippen LogP contribution is -2.19. The number of nitrogens with zero attached hydrogens (tertiary/aromatic N) is 1. The van der Waals surface area contributed by atoms with Crippen molar-refractivity contribution in [3.63, 3.8) is 0 Å². The second-order valence-corrected chi connectivity index (χ2v) is 3.82. The van der Waals surface area contributed by atoms with Crippen LogP contribution in [-0.4, -0.2) is 23.9 Å². The summed E-state index contributed by atoms with van der Waals surface area (Å²) in [6.07, 6.45) is 3.85. The molecule has 0 aliphatic carbocycles. The number of urea groups is 1. The van der Waals surface area contributed by atoms with Crippen LogP contribution in [0, 0.1) is 0 Å². The second-order valence-electron chi connectivity index (χ2n) is 3.82. The van der Waals surface area contributed by atoms with Crippen molar-refractivity contribution in [1.82, 2.24) is 4.98 Å². The van der Waals surface area contributed by atoms with Crippen molar-refractivity contribution in [3.05, 3.63) is 48.8 Å². The van der Waals surface area contributed by atoms with Gasteiger partial charge in [-0.1, -0.05) is 0 Å². The highest BCUT2D eigenvalue weighted by molar-refractivity contribution is 5.99. The van der Waals surface area contributed by atoms with Crippen LogP contribution in [0.2, 0.25) is 0 Å². The van der Waals surface area contributed by atoms with Crippen molar-refractivity contribution < 1.29 is 14.3 Å². The predicted octanol–water partition coefficient (Wildman–Crippen LogP) is 2.30. The van der Waals surface area contributed by atoms with Crippen LogP contribution in [0.3, 0.4) is 0 Å². The van der Waals surface area contributed by atoms with Crippen LogP contribution in [0.25, 0.3) is 0 Å². The summed E-state index contributed by atoms with van der Waals surface area (Å²) >= 11 is 0. The maximum Gasteiger partial charge on any atom is 0.323 e. The van der Waals surface area contributed by atoms with Gasteiger partial charge >= 0.3 is 6.03 Å². The Morgan fingerprint density at radius 2 is 1.90 bits per heavy atom. The van der Waals surface area contributed by atoms with Crippen LogP contribution in [0.15, 0.2) is 48.8 Å². The van der Waals surface area contributed by atoms with E-state index in [0.717, 1.165) is 0 Å². The third kappa shape index (κ3) is 4.09. The first kappa shape index (κ1) is 13.5. The maximum absolute atomic E-state index is 11.7. The minimum absolute atomic E-state index is 0.00820. The third-order valence-corrected chi connectivity index (χ3v) is 2.35. The van der Waals surface area contributed by atoms with Gasteiger partial charge in [-0.15, -0.1) is 0 Å². The average Bonchev–Trinajstić information content (AvgIpc) is 2.47. The molecule has 0 radical (unpaired) electrons. The summed E-state index contributed by atoms with van der Waals surface area (Å²) < 4.78 is 5.11. The summed E-state index contributed by atoms with van der Waals surface area (Å²) in [5.74, 6) is 0.565. The van der Waals surface area contributed by atoms with E-state index in [1.165, 1.54) is 0 Å². The summed E-state index contributed by atoms with van der Waals surface area (Å²) in [4.78, 5) is 25.8. The van der Waals surface area contributed by atoms with Crippen LogP contribution in [0.1, 0.15) is 0 Å². The van der Waals surface area contributed by atoms with Crippen molar-refractivity contribution in [2.24, 2.45) is 0 Å². The zero-order chi connectivity index (χ0) is 14.2. The number of carbonyl (C=O) groups is 2. The van der Waals surface area contributed by atoms with Gasteiger partial charge in [0.15, 0.2) is 6.29 Å². The first-order valence-electron chi connectivity index (χ1n) is 5.92. The smallest absolute Gasteiger partial charge is 0.323 e. The lowest BCUT2D eigenvalue weighted by Gasteiger charge is -2.08. The monoisotopic (exact) mass is 271 g/mol. The van der Waals surface area contributed by atoms with Gasteiger partial charge in [-0.2, -0.15) is 0 Å². The summed E-state index contributed by atoms with van der Waals surface area (Å²) in [6, 6.07) is 9.82. The highest BCUT2D eigenvalue weighted by atomic mass is 16.5. The van der Waals surface area contributed by atoms with Crippen LogP contribution >= 0.6 is 0 Å². The van der Waals surface area contributed by atoms with Gasteiger partial charge in [-0.25, -0.2) is 4.79 Å². The quantitative estimate of drug-likeness (QED) is 0.818. The molecule has 102 valence electrons. The number of benzene rings is 1. The van der Waals surface area contributed by atoms with Crippen LogP contribution in [-0.2, 0) is 4.79 Å². The number of carbonyl (C=O) groups excluding carboxylic acids is 2. The number of ether oxygens (including phenoxy) is 1. The molecule has 2 aromatic rings. The first-order chi connectivity index (χ1) is 9.78. The van der Waals surface area contributed by atoms with Gasteiger partial charge in [-0.3, -0.25) is 9.78 Å². The molecule has 6 nitrogen and oxygen atoms in total. The molecule has 0 unspecified atom stereocenters. The minimum atomic E-state index is -0.362. The predicted molar refractivity (Wildman–Crippen MR) is 74.9 cm³/mol. The first-order valence-corrected chi connectivity index (χ1v) is 5.92. The van der Waals surface area contributed by atoms with E-state index >= 15 is 0 Å². The number of nitrogens with one attached hydrogen (secondary N) is 2. The van der Waals surface area contributed by atoms with E-state index in [0.29, 0.717) is 23.4 Å². The normalized spacial score (nSPS) is 9.60. The number of hydrogen-bond donors (Lipinski definition) is 2.